The first-order valence-corrected chi connectivity index (χ1v) is 13.7. The van der Waals surface area contributed by atoms with E-state index in [-0.39, 0.29) is 0 Å². The summed E-state index contributed by atoms with van der Waals surface area (Å²) in [5.74, 6) is 5.43. The largest absolute Gasteiger partial charge is 0.493 e. The number of ether oxygens (including phenoxy) is 2. The molecule has 2 aromatic rings. The molecule has 172 valence electrons. The second-order valence-electron chi connectivity index (χ2n) is 7.57. The molecule has 0 bridgehead atoms. The van der Waals surface area contributed by atoms with Gasteiger partial charge >= 0.3 is 0 Å². The van der Waals surface area contributed by atoms with Crippen LogP contribution in [0.3, 0.4) is 0 Å². The molecule has 0 heterocycles. The van der Waals surface area contributed by atoms with E-state index >= 15 is 0 Å². The Kier molecular flexibility index (Phi) is 13.9. The molecule has 0 radical (unpaired) electrons. The number of aryl methyl sites for hydroxylation is 2. The fourth-order valence-corrected chi connectivity index (χ4v) is 4.00. The van der Waals surface area contributed by atoms with Gasteiger partial charge in [0.05, 0.1) is 13.2 Å². The van der Waals surface area contributed by atoms with Gasteiger partial charge in [-0.1, -0.05) is 24.3 Å². The predicted molar refractivity (Wildman–Crippen MR) is 148 cm³/mol. The number of hydrogen-bond donors (Lipinski definition) is 4. The Balaban J connectivity index is 2.16. The highest BCUT2D eigenvalue weighted by Crippen LogP contribution is 2.27. The van der Waals surface area contributed by atoms with Crippen LogP contribution >= 0.6 is 50.5 Å². The molecule has 0 saturated carbocycles. The second kappa shape index (κ2) is 16.1. The highest BCUT2D eigenvalue weighted by atomic mass is 32.1. The summed E-state index contributed by atoms with van der Waals surface area (Å²) in [6, 6.07) is 13.2. The molecule has 2 aromatic carbocycles. The summed E-state index contributed by atoms with van der Waals surface area (Å²) < 4.78 is 12.0. The Hall–Kier alpha value is -0.560. The number of thiol groups is 4. The van der Waals surface area contributed by atoms with Crippen molar-refractivity contribution in [2.45, 2.75) is 44.9 Å². The molecule has 0 N–H and O–H groups in total. The molecule has 0 aliphatic carbocycles. The van der Waals surface area contributed by atoms with Gasteiger partial charge in [0.25, 0.3) is 0 Å². The molecule has 31 heavy (non-hydrogen) atoms. The van der Waals surface area contributed by atoms with Gasteiger partial charge in [-0.15, -0.1) is 0 Å². The van der Waals surface area contributed by atoms with Crippen molar-refractivity contribution in [2.24, 2.45) is 0 Å². The molecule has 6 heteroatoms. The first-order valence-electron chi connectivity index (χ1n) is 11.1. The predicted octanol–water partition coefficient (Wildman–Crippen LogP) is 6.40. The van der Waals surface area contributed by atoms with Crippen molar-refractivity contribution in [2.75, 3.05) is 36.2 Å². The lowest BCUT2D eigenvalue weighted by Gasteiger charge is -2.15. The molecule has 2 rings (SSSR count). The van der Waals surface area contributed by atoms with Crippen LogP contribution in [0, 0.1) is 0 Å². The summed E-state index contributed by atoms with van der Waals surface area (Å²) in [5.41, 5.74) is 5.15. The zero-order valence-corrected chi connectivity index (χ0v) is 21.8. The van der Waals surface area contributed by atoms with E-state index in [0.29, 0.717) is 13.2 Å². The second-order valence-corrected chi connectivity index (χ2v) is 9.36. The van der Waals surface area contributed by atoms with Crippen molar-refractivity contribution < 1.29 is 9.47 Å². The van der Waals surface area contributed by atoms with Gasteiger partial charge in [0.15, 0.2) is 0 Å². The Morgan fingerprint density at radius 1 is 0.548 bits per heavy atom. The topological polar surface area (TPSA) is 18.5 Å². The highest BCUT2D eigenvalue weighted by molar-refractivity contribution is 7.80. The average molecular weight is 497 g/mol. The Morgan fingerprint density at radius 2 is 0.968 bits per heavy atom. The van der Waals surface area contributed by atoms with Crippen LogP contribution in [-0.4, -0.2) is 36.2 Å². The lowest BCUT2D eigenvalue weighted by molar-refractivity contribution is 0.315. The number of hydrogen-bond acceptors (Lipinski definition) is 6. The summed E-state index contributed by atoms with van der Waals surface area (Å²) in [6.07, 6.45) is 6.86. The summed E-state index contributed by atoms with van der Waals surface area (Å²) in [4.78, 5) is 0. The van der Waals surface area contributed by atoms with Gasteiger partial charge in [0.1, 0.15) is 11.5 Å². The van der Waals surface area contributed by atoms with Crippen LogP contribution < -0.4 is 9.47 Å². The summed E-state index contributed by atoms with van der Waals surface area (Å²) >= 11 is 17.3. The summed E-state index contributed by atoms with van der Waals surface area (Å²) in [6.45, 7) is 1.42. The fraction of sp³-hybridized carbons (Fsp3) is 0.520. The lowest BCUT2D eigenvalue weighted by Crippen LogP contribution is -2.03. The molecule has 2 nitrogen and oxygen atoms in total. The van der Waals surface area contributed by atoms with Crippen molar-refractivity contribution in [3.05, 3.63) is 58.7 Å². The van der Waals surface area contributed by atoms with Crippen LogP contribution in [0.2, 0.25) is 0 Å². The van der Waals surface area contributed by atoms with E-state index in [9.17, 15) is 0 Å². The maximum Gasteiger partial charge on any atom is 0.122 e. The molecule has 0 unspecified atom stereocenters. The summed E-state index contributed by atoms with van der Waals surface area (Å²) in [7, 11) is 0. The monoisotopic (exact) mass is 496 g/mol. The standard InChI is InChI=1S/C25H36O2S4/c28-13-1-5-22-18-20(7-9-24(22)26-11-3-15-30)17-21-8-10-25(27-12-4-16-31)23(19-21)6-2-14-29/h7-10,18-19,28-31H,1-6,11-17H2. The average Bonchev–Trinajstić information content (AvgIpc) is 2.78. The lowest BCUT2D eigenvalue weighted by atomic mass is 9.97. The summed E-state index contributed by atoms with van der Waals surface area (Å²) in [5, 5.41) is 0. The zero-order valence-electron chi connectivity index (χ0n) is 18.3. The van der Waals surface area contributed by atoms with Gasteiger partial charge in [-0.25, -0.2) is 0 Å². The molecule has 0 aliphatic heterocycles. The van der Waals surface area contributed by atoms with Crippen LogP contribution in [0.15, 0.2) is 36.4 Å². The molecule has 0 atom stereocenters. The zero-order chi connectivity index (χ0) is 22.3. The third-order valence-corrected chi connectivity index (χ3v) is 6.25. The van der Waals surface area contributed by atoms with Crippen LogP contribution in [-0.2, 0) is 19.3 Å². The van der Waals surface area contributed by atoms with Crippen LogP contribution in [0.4, 0.5) is 0 Å². The SMILES string of the molecule is SCCCOc1ccc(Cc2ccc(OCCCS)c(CCCS)c2)cc1CCCS. The third kappa shape index (κ3) is 9.85. The molecule has 0 fully saturated rings. The Morgan fingerprint density at radius 3 is 1.35 bits per heavy atom. The fourth-order valence-electron chi connectivity index (χ4n) is 3.43. The van der Waals surface area contributed by atoms with Gasteiger partial charge in [-0.05, 0) is 102 Å². The Bertz CT molecular complexity index is 704. The first-order chi connectivity index (χ1) is 15.2. The molecule has 0 saturated heterocycles. The van der Waals surface area contributed by atoms with E-state index in [1.54, 1.807) is 0 Å². The van der Waals surface area contributed by atoms with E-state index in [1.165, 1.54) is 22.3 Å². The van der Waals surface area contributed by atoms with Gasteiger partial charge in [-0.3, -0.25) is 0 Å². The van der Waals surface area contributed by atoms with Crippen molar-refractivity contribution in [3.63, 3.8) is 0 Å². The maximum absolute atomic E-state index is 6.00. The minimum absolute atomic E-state index is 0.708. The number of rotatable bonds is 16. The van der Waals surface area contributed by atoms with Crippen molar-refractivity contribution in [3.8, 4) is 11.5 Å². The molecule has 0 spiro atoms. The molecule has 0 aliphatic rings. The van der Waals surface area contributed by atoms with Gasteiger partial charge in [0.2, 0.25) is 0 Å². The van der Waals surface area contributed by atoms with Gasteiger partial charge in [-0.2, -0.15) is 50.5 Å². The quantitative estimate of drug-likeness (QED) is 0.159. The van der Waals surface area contributed by atoms with Crippen LogP contribution in [0.25, 0.3) is 0 Å². The minimum Gasteiger partial charge on any atom is -0.493 e. The Labute approximate surface area is 210 Å². The molecular formula is C25H36O2S4. The molecular weight excluding hydrogens is 461 g/mol. The number of benzene rings is 2. The van der Waals surface area contributed by atoms with Crippen LogP contribution in [0.1, 0.15) is 47.9 Å². The minimum atomic E-state index is 0.708. The third-order valence-electron chi connectivity index (χ3n) is 4.99. The van der Waals surface area contributed by atoms with E-state index < -0.39 is 0 Å². The van der Waals surface area contributed by atoms with Crippen molar-refractivity contribution in [1.29, 1.82) is 0 Å². The van der Waals surface area contributed by atoms with Gasteiger partial charge in [0, 0.05) is 0 Å². The van der Waals surface area contributed by atoms with E-state index in [2.05, 4.69) is 86.9 Å². The van der Waals surface area contributed by atoms with Gasteiger partial charge < -0.3 is 9.47 Å². The molecule has 0 aromatic heterocycles. The van der Waals surface area contributed by atoms with E-state index in [1.807, 2.05) is 0 Å². The smallest absolute Gasteiger partial charge is 0.122 e. The van der Waals surface area contributed by atoms with Crippen LogP contribution in [0.5, 0.6) is 11.5 Å². The molecule has 0 amide bonds. The van der Waals surface area contributed by atoms with E-state index in [0.717, 1.165) is 79.5 Å². The maximum atomic E-state index is 6.00. The van der Waals surface area contributed by atoms with Crippen molar-refractivity contribution >= 4 is 50.5 Å². The van der Waals surface area contributed by atoms with Crippen molar-refractivity contribution in [1.82, 2.24) is 0 Å². The first kappa shape index (κ1) is 26.7. The normalized spacial score (nSPS) is 11.0. The highest BCUT2D eigenvalue weighted by Gasteiger charge is 2.09. The van der Waals surface area contributed by atoms with E-state index in [4.69, 9.17) is 9.47 Å².